The summed E-state index contributed by atoms with van der Waals surface area (Å²) >= 11 is 11.5. The number of amides is 1. The summed E-state index contributed by atoms with van der Waals surface area (Å²) in [6.45, 7) is 0. The lowest BCUT2D eigenvalue weighted by molar-refractivity contribution is 0.0955. The van der Waals surface area contributed by atoms with Crippen molar-refractivity contribution in [1.29, 1.82) is 0 Å². The third-order valence-electron chi connectivity index (χ3n) is 3.56. The van der Waals surface area contributed by atoms with Gasteiger partial charge in [0.1, 0.15) is 0 Å². The van der Waals surface area contributed by atoms with Crippen LogP contribution in [0.2, 0.25) is 10.3 Å². The molecule has 3 aromatic rings. The van der Waals surface area contributed by atoms with Gasteiger partial charge in [-0.05, 0) is 59.6 Å². The predicted octanol–water partition coefficient (Wildman–Crippen LogP) is 4.49. The highest BCUT2D eigenvalue weighted by atomic mass is 35.5. The van der Waals surface area contributed by atoms with Crippen LogP contribution in [-0.4, -0.2) is 29.2 Å². The molecule has 1 N–H and O–H groups in total. The number of methoxy groups -OCH3 is 1. The largest absolute Gasteiger partial charge is 0.493 e. The maximum atomic E-state index is 13.8. The average Bonchev–Trinajstić information content (AvgIpc) is 2.71. The molecule has 0 fully saturated rings. The topological polar surface area (TPSA) is 85.7 Å². The van der Waals surface area contributed by atoms with E-state index in [0.29, 0.717) is 21.9 Å². The van der Waals surface area contributed by atoms with Crippen molar-refractivity contribution in [3.8, 4) is 17.4 Å². The second-order valence-corrected chi connectivity index (χ2v) is 6.28. The van der Waals surface area contributed by atoms with Gasteiger partial charge in [0, 0.05) is 10.6 Å². The molecule has 0 aliphatic heterocycles. The summed E-state index contributed by atoms with van der Waals surface area (Å²) in [5, 5.41) is 4.26. The molecule has 2 aromatic carbocycles. The summed E-state index contributed by atoms with van der Waals surface area (Å²) in [5.41, 5.74) is 3.36. The molecule has 0 saturated carbocycles. The van der Waals surface area contributed by atoms with Crippen LogP contribution >= 0.6 is 23.2 Å². The van der Waals surface area contributed by atoms with E-state index in [-0.39, 0.29) is 16.9 Å². The minimum atomic E-state index is -0.786. The Hall–Kier alpha value is -3.23. The van der Waals surface area contributed by atoms with E-state index in [2.05, 4.69) is 20.5 Å². The maximum absolute atomic E-state index is 13.8. The van der Waals surface area contributed by atoms with Crippen molar-refractivity contribution in [2.24, 2.45) is 5.10 Å². The van der Waals surface area contributed by atoms with E-state index in [0.717, 1.165) is 6.20 Å². The minimum Gasteiger partial charge on any atom is -0.493 e. The van der Waals surface area contributed by atoms with Crippen molar-refractivity contribution in [2.75, 3.05) is 7.11 Å². The van der Waals surface area contributed by atoms with Gasteiger partial charge in [-0.3, -0.25) is 4.79 Å². The number of carbonyl (C=O) groups is 1. The molecular formula is C19H13Cl2FN4O3. The van der Waals surface area contributed by atoms with Crippen molar-refractivity contribution in [3.05, 3.63) is 75.9 Å². The van der Waals surface area contributed by atoms with Gasteiger partial charge in [-0.2, -0.15) is 14.5 Å². The van der Waals surface area contributed by atoms with Gasteiger partial charge in [0.25, 0.3) is 11.8 Å². The number of benzene rings is 2. The Kier molecular flexibility index (Phi) is 6.58. The summed E-state index contributed by atoms with van der Waals surface area (Å²) in [6.07, 6.45) is 2.29. The molecule has 0 atom stereocenters. The lowest BCUT2D eigenvalue weighted by Gasteiger charge is -2.10. The average molecular weight is 435 g/mol. The van der Waals surface area contributed by atoms with E-state index in [4.69, 9.17) is 32.7 Å². The molecule has 3 rings (SSSR count). The van der Waals surface area contributed by atoms with Crippen LogP contribution in [0.15, 0.2) is 53.8 Å². The first kappa shape index (κ1) is 20.5. The van der Waals surface area contributed by atoms with Crippen molar-refractivity contribution in [2.45, 2.75) is 0 Å². The van der Waals surface area contributed by atoms with E-state index in [1.165, 1.54) is 19.4 Å². The Morgan fingerprint density at radius 1 is 1.17 bits per heavy atom. The second kappa shape index (κ2) is 9.31. The fourth-order valence-electron chi connectivity index (χ4n) is 2.19. The highest BCUT2D eigenvalue weighted by Crippen LogP contribution is 2.32. The fraction of sp³-hybridized carbons (Fsp3) is 0.0526. The summed E-state index contributed by atoms with van der Waals surface area (Å²) in [6, 6.07) is 11.2. The van der Waals surface area contributed by atoms with Gasteiger partial charge in [-0.15, -0.1) is 0 Å². The minimum absolute atomic E-state index is 0.164. The summed E-state index contributed by atoms with van der Waals surface area (Å²) in [4.78, 5) is 19.3. The molecule has 1 heterocycles. The number of ether oxygens (including phenoxy) is 2. The first-order valence-electron chi connectivity index (χ1n) is 8.09. The van der Waals surface area contributed by atoms with E-state index in [9.17, 15) is 9.18 Å². The van der Waals surface area contributed by atoms with Crippen LogP contribution in [-0.2, 0) is 0 Å². The number of carbonyl (C=O) groups excluding carboxylic acids is 1. The van der Waals surface area contributed by atoms with Crippen LogP contribution < -0.4 is 14.9 Å². The molecular weight excluding hydrogens is 422 g/mol. The Morgan fingerprint density at radius 2 is 1.93 bits per heavy atom. The van der Waals surface area contributed by atoms with Crippen LogP contribution in [0.3, 0.4) is 0 Å². The van der Waals surface area contributed by atoms with Gasteiger partial charge in [-0.25, -0.2) is 10.4 Å². The molecule has 29 heavy (non-hydrogen) atoms. The van der Waals surface area contributed by atoms with Gasteiger partial charge in [0.15, 0.2) is 11.5 Å². The number of nitrogens with one attached hydrogen (secondary N) is 1. The standard InChI is InChI=1S/C19H13Cl2FN4O3/c1-28-15-7-2-11(8-16(15)29-18-14(22)10-23-19(21)25-18)9-24-26-17(27)12-3-5-13(20)6-4-12/h2-10H,1H3,(H,26,27)/b24-9-. The number of halogens is 3. The molecule has 0 radical (unpaired) electrons. The van der Waals surface area contributed by atoms with Crippen molar-refractivity contribution < 1.29 is 18.7 Å². The van der Waals surface area contributed by atoms with E-state index in [1.54, 1.807) is 36.4 Å². The number of hydrogen-bond donors (Lipinski definition) is 1. The Morgan fingerprint density at radius 3 is 2.66 bits per heavy atom. The maximum Gasteiger partial charge on any atom is 0.271 e. The number of rotatable bonds is 6. The van der Waals surface area contributed by atoms with Gasteiger partial charge < -0.3 is 9.47 Å². The SMILES string of the molecule is COc1ccc(/C=N\NC(=O)c2ccc(Cl)cc2)cc1Oc1nc(Cl)ncc1F. The molecule has 0 saturated heterocycles. The molecule has 0 spiro atoms. The summed E-state index contributed by atoms with van der Waals surface area (Å²) in [7, 11) is 1.44. The van der Waals surface area contributed by atoms with Crippen molar-refractivity contribution in [3.63, 3.8) is 0 Å². The first-order valence-corrected chi connectivity index (χ1v) is 8.85. The number of nitrogens with zero attached hydrogens (tertiary/aromatic N) is 3. The number of aromatic nitrogens is 2. The summed E-state index contributed by atoms with van der Waals surface area (Å²) < 4.78 is 24.5. The zero-order valence-electron chi connectivity index (χ0n) is 14.9. The Bertz CT molecular complexity index is 1060. The third-order valence-corrected chi connectivity index (χ3v) is 4.00. The van der Waals surface area contributed by atoms with Crippen molar-refractivity contribution >= 4 is 35.3 Å². The lowest BCUT2D eigenvalue weighted by Crippen LogP contribution is -2.17. The monoisotopic (exact) mass is 434 g/mol. The fourth-order valence-corrected chi connectivity index (χ4v) is 2.44. The molecule has 0 bridgehead atoms. The Labute approximate surface area is 175 Å². The van der Waals surface area contributed by atoms with E-state index >= 15 is 0 Å². The normalized spacial score (nSPS) is 10.8. The summed E-state index contributed by atoms with van der Waals surface area (Å²) in [5.74, 6) is -1.03. The molecule has 1 amide bonds. The highest BCUT2D eigenvalue weighted by molar-refractivity contribution is 6.30. The van der Waals surface area contributed by atoms with Crippen LogP contribution in [0.1, 0.15) is 15.9 Å². The Balaban J connectivity index is 1.75. The van der Waals surface area contributed by atoms with Gasteiger partial charge in [-0.1, -0.05) is 11.6 Å². The predicted molar refractivity (Wildman–Crippen MR) is 107 cm³/mol. The van der Waals surface area contributed by atoms with Crippen LogP contribution in [0.25, 0.3) is 0 Å². The molecule has 0 unspecified atom stereocenters. The van der Waals surface area contributed by atoms with E-state index in [1.807, 2.05) is 0 Å². The number of hydrogen-bond acceptors (Lipinski definition) is 6. The first-order chi connectivity index (χ1) is 14.0. The molecule has 7 nitrogen and oxygen atoms in total. The van der Waals surface area contributed by atoms with Crippen LogP contribution in [0, 0.1) is 5.82 Å². The third kappa shape index (κ3) is 5.40. The molecule has 0 aliphatic rings. The quantitative estimate of drug-likeness (QED) is 0.351. The zero-order valence-corrected chi connectivity index (χ0v) is 16.4. The molecule has 10 heteroatoms. The van der Waals surface area contributed by atoms with Gasteiger partial charge in [0.05, 0.1) is 19.5 Å². The molecule has 148 valence electrons. The highest BCUT2D eigenvalue weighted by Gasteiger charge is 2.13. The lowest BCUT2D eigenvalue weighted by atomic mass is 10.2. The van der Waals surface area contributed by atoms with Crippen molar-refractivity contribution in [1.82, 2.24) is 15.4 Å². The molecule has 1 aromatic heterocycles. The van der Waals surface area contributed by atoms with Crippen LogP contribution in [0.4, 0.5) is 4.39 Å². The van der Waals surface area contributed by atoms with Gasteiger partial charge >= 0.3 is 0 Å². The molecule has 0 aliphatic carbocycles. The zero-order chi connectivity index (χ0) is 20.8. The number of hydrazone groups is 1. The van der Waals surface area contributed by atoms with Crippen LogP contribution in [0.5, 0.6) is 17.4 Å². The second-order valence-electron chi connectivity index (χ2n) is 5.51. The van der Waals surface area contributed by atoms with E-state index < -0.39 is 11.7 Å². The smallest absolute Gasteiger partial charge is 0.271 e. The van der Waals surface area contributed by atoms with Gasteiger partial charge in [0.2, 0.25) is 11.1 Å².